The quantitative estimate of drug-likeness (QED) is 0.423. The van der Waals surface area contributed by atoms with Crippen LogP contribution in [0.5, 0.6) is 0 Å². The van der Waals surface area contributed by atoms with Crippen LogP contribution < -0.4 is 5.32 Å². The number of benzene rings is 2. The van der Waals surface area contributed by atoms with E-state index in [1.54, 1.807) is 25.1 Å². The molecule has 144 valence electrons. The number of para-hydroxylation sites is 1. The maximum absolute atomic E-state index is 12.4. The van der Waals surface area contributed by atoms with Crippen molar-refractivity contribution in [3.8, 4) is 10.6 Å². The van der Waals surface area contributed by atoms with E-state index in [9.17, 15) is 9.59 Å². The highest BCUT2D eigenvalue weighted by molar-refractivity contribution is 7.98. The largest absolute Gasteiger partial charge is 0.451 e. The van der Waals surface area contributed by atoms with E-state index in [0.29, 0.717) is 26.3 Å². The van der Waals surface area contributed by atoms with Crippen LogP contribution >= 0.6 is 34.7 Å². The number of halogens is 1. The van der Waals surface area contributed by atoms with Gasteiger partial charge < -0.3 is 10.1 Å². The number of nitrogens with zero attached hydrogens (tertiary/aromatic N) is 1. The van der Waals surface area contributed by atoms with Gasteiger partial charge in [-0.3, -0.25) is 4.79 Å². The molecule has 3 rings (SSSR count). The van der Waals surface area contributed by atoms with Crippen molar-refractivity contribution in [1.29, 1.82) is 0 Å². The molecular weight excluding hydrogens is 416 g/mol. The summed E-state index contributed by atoms with van der Waals surface area (Å²) in [6.07, 6.45) is 1.93. The van der Waals surface area contributed by atoms with Gasteiger partial charge in [-0.05, 0) is 37.4 Å². The minimum atomic E-state index is -0.566. The number of nitrogens with one attached hydrogen (secondary N) is 1. The molecule has 1 heterocycles. The minimum Gasteiger partial charge on any atom is -0.451 e. The van der Waals surface area contributed by atoms with Crippen molar-refractivity contribution in [2.24, 2.45) is 0 Å². The van der Waals surface area contributed by atoms with E-state index in [-0.39, 0.29) is 6.61 Å². The summed E-state index contributed by atoms with van der Waals surface area (Å²) in [6, 6.07) is 14.7. The Morgan fingerprint density at radius 3 is 2.61 bits per heavy atom. The van der Waals surface area contributed by atoms with Gasteiger partial charge in [-0.15, -0.1) is 23.1 Å². The van der Waals surface area contributed by atoms with Crippen LogP contribution in [0.15, 0.2) is 53.4 Å². The van der Waals surface area contributed by atoms with Crippen LogP contribution in [0.3, 0.4) is 0 Å². The number of carbonyl (C=O) groups is 2. The zero-order valence-electron chi connectivity index (χ0n) is 15.2. The van der Waals surface area contributed by atoms with Crippen LogP contribution in [0.1, 0.15) is 15.4 Å². The third-order valence-electron chi connectivity index (χ3n) is 3.79. The number of thiazole rings is 1. The van der Waals surface area contributed by atoms with Gasteiger partial charge in [0.25, 0.3) is 5.91 Å². The first-order chi connectivity index (χ1) is 13.5. The molecule has 5 nitrogen and oxygen atoms in total. The molecule has 1 N–H and O–H groups in total. The summed E-state index contributed by atoms with van der Waals surface area (Å²) in [7, 11) is 0. The molecule has 0 fully saturated rings. The van der Waals surface area contributed by atoms with Crippen LogP contribution in [0.25, 0.3) is 10.6 Å². The van der Waals surface area contributed by atoms with E-state index in [4.69, 9.17) is 16.3 Å². The van der Waals surface area contributed by atoms with Gasteiger partial charge in [0.2, 0.25) is 0 Å². The number of hydrogen-bond acceptors (Lipinski definition) is 6. The first-order valence-corrected chi connectivity index (χ1v) is 10.7. The highest BCUT2D eigenvalue weighted by atomic mass is 35.5. The Kier molecular flexibility index (Phi) is 6.72. The Labute approximate surface area is 176 Å². The summed E-state index contributed by atoms with van der Waals surface area (Å²) < 4.78 is 5.18. The molecule has 2 aromatic carbocycles. The lowest BCUT2D eigenvalue weighted by atomic mass is 10.2. The molecule has 0 saturated carbocycles. The number of hydrogen-bond donors (Lipinski definition) is 1. The Morgan fingerprint density at radius 1 is 1.18 bits per heavy atom. The molecule has 0 aliphatic heterocycles. The van der Waals surface area contributed by atoms with E-state index in [2.05, 4.69) is 10.3 Å². The number of carbonyl (C=O) groups excluding carboxylic acids is 2. The molecule has 0 radical (unpaired) electrons. The second kappa shape index (κ2) is 9.23. The number of anilines is 1. The Balaban J connectivity index is 1.63. The van der Waals surface area contributed by atoms with Crippen LogP contribution in [0, 0.1) is 6.92 Å². The highest BCUT2D eigenvalue weighted by Crippen LogP contribution is 2.29. The van der Waals surface area contributed by atoms with Gasteiger partial charge in [-0.25, -0.2) is 9.78 Å². The summed E-state index contributed by atoms with van der Waals surface area (Å²) in [6.45, 7) is 1.37. The second-order valence-corrected chi connectivity index (χ2v) is 8.05. The van der Waals surface area contributed by atoms with Crippen molar-refractivity contribution in [2.45, 2.75) is 11.8 Å². The monoisotopic (exact) mass is 432 g/mol. The molecular formula is C20H17ClN2O3S2. The summed E-state index contributed by atoms with van der Waals surface area (Å²) >= 11 is 8.65. The molecule has 1 aromatic heterocycles. The summed E-state index contributed by atoms with van der Waals surface area (Å²) in [5, 5.41) is 4.08. The maximum Gasteiger partial charge on any atom is 0.350 e. The lowest BCUT2D eigenvalue weighted by molar-refractivity contribution is -0.119. The molecule has 0 atom stereocenters. The van der Waals surface area contributed by atoms with Crippen molar-refractivity contribution in [3.63, 3.8) is 0 Å². The zero-order valence-corrected chi connectivity index (χ0v) is 17.6. The number of aryl methyl sites for hydroxylation is 1. The predicted molar refractivity (Wildman–Crippen MR) is 114 cm³/mol. The van der Waals surface area contributed by atoms with Crippen LogP contribution in [0.4, 0.5) is 5.69 Å². The number of thioether (sulfide) groups is 1. The first-order valence-electron chi connectivity index (χ1n) is 8.31. The van der Waals surface area contributed by atoms with Crippen LogP contribution in [0.2, 0.25) is 5.02 Å². The number of amides is 1. The van der Waals surface area contributed by atoms with E-state index in [1.165, 1.54) is 23.1 Å². The number of ether oxygens (including phenoxy) is 1. The van der Waals surface area contributed by atoms with Gasteiger partial charge in [-0.1, -0.05) is 35.9 Å². The maximum atomic E-state index is 12.4. The standard InChI is InChI=1S/C20H17ClN2O3S2/c1-12-18(28-19(22-12)13-7-9-14(21)10-8-13)20(25)26-11-17(24)23-15-5-3-4-6-16(15)27-2/h3-10H,11H2,1-2H3,(H,23,24). The normalized spacial score (nSPS) is 10.5. The first kappa shape index (κ1) is 20.4. The number of rotatable bonds is 6. The molecule has 1 amide bonds. The van der Waals surface area contributed by atoms with E-state index >= 15 is 0 Å². The third-order valence-corrected chi connectivity index (χ3v) is 6.02. The smallest absolute Gasteiger partial charge is 0.350 e. The lowest BCUT2D eigenvalue weighted by Gasteiger charge is -2.09. The number of aromatic nitrogens is 1. The van der Waals surface area contributed by atoms with Gasteiger partial charge in [-0.2, -0.15) is 0 Å². The van der Waals surface area contributed by atoms with Crippen molar-refractivity contribution < 1.29 is 14.3 Å². The SMILES string of the molecule is CSc1ccccc1NC(=O)COC(=O)c1sc(-c2ccc(Cl)cc2)nc1C. The van der Waals surface area contributed by atoms with Crippen molar-refractivity contribution in [1.82, 2.24) is 4.98 Å². The van der Waals surface area contributed by atoms with Crippen molar-refractivity contribution >= 4 is 52.3 Å². The average Bonchev–Trinajstić information content (AvgIpc) is 3.09. The molecule has 0 bridgehead atoms. The van der Waals surface area contributed by atoms with E-state index in [1.807, 2.05) is 36.6 Å². The molecule has 0 aliphatic carbocycles. The molecule has 0 unspecified atom stereocenters. The molecule has 8 heteroatoms. The van der Waals surface area contributed by atoms with Crippen LogP contribution in [-0.4, -0.2) is 29.7 Å². The molecule has 28 heavy (non-hydrogen) atoms. The topological polar surface area (TPSA) is 68.3 Å². The van der Waals surface area contributed by atoms with Crippen molar-refractivity contribution in [2.75, 3.05) is 18.2 Å². The summed E-state index contributed by atoms with van der Waals surface area (Å²) in [4.78, 5) is 30.3. The highest BCUT2D eigenvalue weighted by Gasteiger charge is 2.19. The third kappa shape index (κ3) is 4.92. The van der Waals surface area contributed by atoms with Gasteiger partial charge in [0.1, 0.15) is 9.88 Å². The summed E-state index contributed by atoms with van der Waals surface area (Å²) in [5.41, 5.74) is 2.12. The fourth-order valence-electron chi connectivity index (χ4n) is 2.43. The van der Waals surface area contributed by atoms with Crippen molar-refractivity contribution in [3.05, 3.63) is 64.1 Å². The molecule has 0 aliphatic rings. The van der Waals surface area contributed by atoms with Gasteiger partial charge >= 0.3 is 5.97 Å². The Hall–Kier alpha value is -2.35. The molecule has 0 spiro atoms. The average molecular weight is 433 g/mol. The Bertz CT molecular complexity index is 1000. The fourth-order valence-corrected chi connectivity index (χ4v) is 4.08. The fraction of sp³-hybridized carbons (Fsp3) is 0.150. The number of esters is 1. The van der Waals surface area contributed by atoms with Crippen LogP contribution in [-0.2, 0) is 9.53 Å². The van der Waals surface area contributed by atoms with E-state index in [0.717, 1.165) is 10.5 Å². The second-order valence-electron chi connectivity index (χ2n) is 5.77. The van der Waals surface area contributed by atoms with Gasteiger partial charge in [0, 0.05) is 15.5 Å². The summed E-state index contributed by atoms with van der Waals surface area (Å²) in [5.74, 6) is -0.960. The Morgan fingerprint density at radius 2 is 1.89 bits per heavy atom. The lowest BCUT2D eigenvalue weighted by Crippen LogP contribution is -2.21. The zero-order chi connectivity index (χ0) is 20.1. The van der Waals surface area contributed by atoms with E-state index < -0.39 is 11.9 Å². The van der Waals surface area contributed by atoms with Gasteiger partial charge in [0.05, 0.1) is 11.4 Å². The molecule has 0 saturated heterocycles. The van der Waals surface area contributed by atoms with Gasteiger partial charge in [0.15, 0.2) is 6.61 Å². The molecule has 3 aromatic rings. The minimum absolute atomic E-state index is 0.366. The predicted octanol–water partition coefficient (Wildman–Crippen LogP) is 5.29.